The second kappa shape index (κ2) is 2.81. The standard InChI is InChI=1S/C8H5ClFN/c1-2-5-6(9)3-4-7(11)8(5)10/h1,3-4H,11H2. The first-order chi connectivity index (χ1) is 5.16. The molecule has 0 saturated carbocycles. The normalized spacial score (nSPS) is 9.18. The lowest BCUT2D eigenvalue weighted by Gasteiger charge is -2.00. The maximum Gasteiger partial charge on any atom is 0.163 e. The molecule has 0 fully saturated rings. The van der Waals surface area contributed by atoms with E-state index in [-0.39, 0.29) is 16.3 Å². The molecular formula is C8H5ClFN. The number of halogens is 2. The quantitative estimate of drug-likeness (QED) is 0.467. The summed E-state index contributed by atoms with van der Waals surface area (Å²) in [5.41, 5.74) is 5.27. The van der Waals surface area contributed by atoms with Crippen molar-refractivity contribution < 1.29 is 4.39 Å². The smallest absolute Gasteiger partial charge is 0.163 e. The van der Waals surface area contributed by atoms with Crippen LogP contribution in [0.15, 0.2) is 12.1 Å². The minimum absolute atomic E-state index is 0.0161. The van der Waals surface area contributed by atoms with Gasteiger partial charge < -0.3 is 5.73 Å². The first-order valence-corrected chi connectivity index (χ1v) is 3.24. The van der Waals surface area contributed by atoms with E-state index in [1.165, 1.54) is 12.1 Å². The summed E-state index contributed by atoms with van der Waals surface area (Å²) in [5.74, 6) is 1.49. The Hall–Kier alpha value is -1.20. The van der Waals surface area contributed by atoms with Crippen molar-refractivity contribution in [1.29, 1.82) is 0 Å². The van der Waals surface area contributed by atoms with Crippen molar-refractivity contribution in [3.05, 3.63) is 28.5 Å². The molecule has 1 aromatic carbocycles. The fraction of sp³-hybridized carbons (Fsp3) is 0. The summed E-state index contributed by atoms with van der Waals surface area (Å²) in [6.07, 6.45) is 4.99. The number of rotatable bonds is 0. The summed E-state index contributed by atoms with van der Waals surface area (Å²) in [5, 5.41) is 0.208. The highest BCUT2D eigenvalue weighted by Gasteiger charge is 2.06. The number of nitrogen functional groups attached to an aromatic ring is 1. The van der Waals surface area contributed by atoms with Gasteiger partial charge in [-0.25, -0.2) is 4.39 Å². The molecule has 11 heavy (non-hydrogen) atoms. The van der Waals surface area contributed by atoms with Gasteiger partial charge in [0, 0.05) is 0 Å². The summed E-state index contributed by atoms with van der Waals surface area (Å²) in [7, 11) is 0. The lowest BCUT2D eigenvalue weighted by atomic mass is 10.2. The SMILES string of the molecule is C#Cc1c(Cl)ccc(N)c1F. The van der Waals surface area contributed by atoms with Gasteiger partial charge in [0.15, 0.2) is 5.82 Å². The molecule has 0 atom stereocenters. The highest BCUT2D eigenvalue weighted by molar-refractivity contribution is 6.31. The number of hydrogen-bond donors (Lipinski definition) is 1. The number of hydrogen-bond acceptors (Lipinski definition) is 1. The van der Waals surface area contributed by atoms with Crippen LogP contribution < -0.4 is 5.73 Å². The van der Waals surface area contributed by atoms with Crippen LogP contribution in [0.1, 0.15) is 5.56 Å². The minimum Gasteiger partial charge on any atom is -0.396 e. The summed E-state index contributed by atoms with van der Waals surface area (Å²) >= 11 is 5.56. The zero-order valence-electron chi connectivity index (χ0n) is 5.57. The fourth-order valence-corrected chi connectivity index (χ4v) is 0.901. The average molecular weight is 170 g/mol. The Morgan fingerprint density at radius 2 is 2.18 bits per heavy atom. The van der Waals surface area contributed by atoms with Crippen LogP contribution in [0.25, 0.3) is 0 Å². The molecule has 1 nitrogen and oxygen atoms in total. The van der Waals surface area contributed by atoms with Gasteiger partial charge in [-0.1, -0.05) is 17.5 Å². The van der Waals surface area contributed by atoms with Gasteiger partial charge in [0.25, 0.3) is 0 Å². The fourth-order valence-electron chi connectivity index (χ4n) is 0.701. The van der Waals surface area contributed by atoms with Crippen molar-refractivity contribution >= 4 is 17.3 Å². The lowest BCUT2D eigenvalue weighted by molar-refractivity contribution is 0.629. The highest BCUT2D eigenvalue weighted by Crippen LogP contribution is 2.22. The van der Waals surface area contributed by atoms with Crippen LogP contribution in [0.2, 0.25) is 5.02 Å². The number of benzene rings is 1. The highest BCUT2D eigenvalue weighted by atomic mass is 35.5. The first kappa shape index (κ1) is 7.90. The monoisotopic (exact) mass is 169 g/mol. The summed E-state index contributed by atoms with van der Waals surface area (Å²) < 4.78 is 12.9. The van der Waals surface area contributed by atoms with Crippen LogP contribution in [-0.4, -0.2) is 0 Å². The number of nitrogens with two attached hydrogens (primary N) is 1. The van der Waals surface area contributed by atoms with Crippen LogP contribution in [0, 0.1) is 18.2 Å². The van der Waals surface area contributed by atoms with E-state index in [0.29, 0.717) is 0 Å². The molecule has 1 aromatic rings. The first-order valence-electron chi connectivity index (χ1n) is 2.87. The van der Waals surface area contributed by atoms with E-state index in [1.54, 1.807) is 0 Å². The van der Waals surface area contributed by atoms with E-state index in [0.717, 1.165) is 0 Å². The lowest BCUT2D eigenvalue weighted by Crippen LogP contribution is -1.93. The Morgan fingerprint density at radius 1 is 1.55 bits per heavy atom. The average Bonchev–Trinajstić information content (AvgIpc) is 1.99. The third-order valence-electron chi connectivity index (χ3n) is 1.27. The van der Waals surface area contributed by atoms with Crippen LogP contribution in [-0.2, 0) is 0 Å². The Balaban J connectivity index is 3.44. The van der Waals surface area contributed by atoms with Gasteiger partial charge in [0.05, 0.1) is 16.3 Å². The molecule has 3 heteroatoms. The maximum absolute atomic E-state index is 12.9. The Labute approximate surface area is 69.0 Å². The van der Waals surface area contributed by atoms with E-state index in [2.05, 4.69) is 5.92 Å². The second-order valence-corrected chi connectivity index (χ2v) is 2.38. The van der Waals surface area contributed by atoms with Gasteiger partial charge in [-0.05, 0) is 12.1 Å². The molecule has 0 saturated heterocycles. The topological polar surface area (TPSA) is 26.0 Å². The Kier molecular flexibility index (Phi) is 2.02. The zero-order valence-corrected chi connectivity index (χ0v) is 6.32. The van der Waals surface area contributed by atoms with Gasteiger partial charge in [-0.2, -0.15) is 0 Å². The third-order valence-corrected chi connectivity index (χ3v) is 1.58. The molecule has 0 unspecified atom stereocenters. The van der Waals surface area contributed by atoms with Crippen LogP contribution in [0.4, 0.5) is 10.1 Å². The van der Waals surface area contributed by atoms with Crippen molar-refractivity contribution in [2.75, 3.05) is 5.73 Å². The molecule has 0 aliphatic carbocycles. The van der Waals surface area contributed by atoms with E-state index in [4.69, 9.17) is 23.8 Å². The molecule has 1 rings (SSSR count). The van der Waals surface area contributed by atoms with Crippen LogP contribution in [0.3, 0.4) is 0 Å². The van der Waals surface area contributed by atoms with Crippen molar-refractivity contribution in [1.82, 2.24) is 0 Å². The van der Waals surface area contributed by atoms with Gasteiger partial charge in [-0.3, -0.25) is 0 Å². The summed E-state index contributed by atoms with van der Waals surface area (Å²) in [4.78, 5) is 0. The van der Waals surface area contributed by atoms with Gasteiger partial charge in [0.1, 0.15) is 0 Å². The molecule has 0 radical (unpaired) electrons. The van der Waals surface area contributed by atoms with Gasteiger partial charge in [-0.15, -0.1) is 6.42 Å². The van der Waals surface area contributed by atoms with Crippen molar-refractivity contribution in [2.24, 2.45) is 0 Å². The molecular weight excluding hydrogens is 165 g/mol. The van der Waals surface area contributed by atoms with Crippen molar-refractivity contribution in [2.45, 2.75) is 0 Å². The number of anilines is 1. The Morgan fingerprint density at radius 3 is 2.64 bits per heavy atom. The second-order valence-electron chi connectivity index (χ2n) is 1.97. The van der Waals surface area contributed by atoms with Crippen LogP contribution >= 0.6 is 11.6 Å². The predicted octanol–water partition coefficient (Wildman–Crippen LogP) is 2.04. The predicted molar refractivity (Wildman–Crippen MR) is 43.8 cm³/mol. The molecule has 0 aliphatic rings. The van der Waals surface area contributed by atoms with Crippen molar-refractivity contribution in [3.63, 3.8) is 0 Å². The van der Waals surface area contributed by atoms with E-state index < -0.39 is 5.82 Å². The largest absolute Gasteiger partial charge is 0.396 e. The molecule has 0 aliphatic heterocycles. The summed E-state index contributed by atoms with van der Waals surface area (Å²) in [6.45, 7) is 0. The van der Waals surface area contributed by atoms with Crippen molar-refractivity contribution in [3.8, 4) is 12.3 Å². The maximum atomic E-state index is 12.9. The van der Waals surface area contributed by atoms with E-state index in [9.17, 15) is 4.39 Å². The molecule has 56 valence electrons. The molecule has 2 N–H and O–H groups in total. The Bertz CT molecular complexity index is 328. The van der Waals surface area contributed by atoms with E-state index in [1.807, 2.05) is 0 Å². The molecule has 0 aromatic heterocycles. The third kappa shape index (κ3) is 1.28. The van der Waals surface area contributed by atoms with Gasteiger partial charge in [0.2, 0.25) is 0 Å². The molecule has 0 heterocycles. The number of terminal acetylenes is 1. The molecule has 0 spiro atoms. The van der Waals surface area contributed by atoms with Crippen LogP contribution in [0.5, 0.6) is 0 Å². The molecule has 0 amide bonds. The zero-order chi connectivity index (χ0) is 8.43. The minimum atomic E-state index is -0.625. The van der Waals surface area contributed by atoms with Gasteiger partial charge >= 0.3 is 0 Å². The molecule has 0 bridgehead atoms. The van der Waals surface area contributed by atoms with E-state index >= 15 is 0 Å². The summed E-state index contributed by atoms with van der Waals surface area (Å²) in [6, 6.07) is 2.84.